The molecule has 0 atom stereocenters. The van der Waals surface area contributed by atoms with E-state index in [1.165, 1.54) is 0 Å². The van der Waals surface area contributed by atoms with Crippen LogP contribution in [0.25, 0.3) is 11.3 Å². The first-order chi connectivity index (χ1) is 12.2. The molecule has 0 bridgehead atoms. The molecule has 0 saturated heterocycles. The highest BCUT2D eigenvalue weighted by molar-refractivity contribution is 6.30. The summed E-state index contributed by atoms with van der Waals surface area (Å²) in [7, 11) is 0. The molecular weight excluding hydrogens is 344 g/mol. The lowest BCUT2D eigenvalue weighted by molar-refractivity contribution is 0.0459. The molecule has 2 aromatic heterocycles. The maximum absolute atomic E-state index is 12.2. The number of hydrogen-bond acceptors (Lipinski definition) is 6. The van der Waals surface area contributed by atoms with E-state index in [9.17, 15) is 4.79 Å². The second-order valence-corrected chi connectivity index (χ2v) is 5.49. The normalized spacial score (nSPS) is 10.5. The number of ether oxygens (including phenoxy) is 2. The number of hydrogen-bond donors (Lipinski definition) is 0. The van der Waals surface area contributed by atoms with Gasteiger partial charge in [0.1, 0.15) is 17.9 Å². The zero-order chi connectivity index (χ0) is 17.6. The van der Waals surface area contributed by atoms with Crippen LogP contribution in [0.15, 0.2) is 53.2 Å². The van der Waals surface area contributed by atoms with Crippen molar-refractivity contribution in [3.63, 3.8) is 0 Å². The summed E-state index contributed by atoms with van der Waals surface area (Å²) in [5, 5.41) is 4.55. The van der Waals surface area contributed by atoms with Crippen molar-refractivity contribution in [2.75, 3.05) is 6.61 Å². The van der Waals surface area contributed by atoms with Crippen molar-refractivity contribution >= 4 is 17.6 Å². The molecule has 0 aliphatic carbocycles. The second kappa shape index (κ2) is 7.81. The van der Waals surface area contributed by atoms with Crippen molar-refractivity contribution in [3.05, 3.63) is 64.9 Å². The van der Waals surface area contributed by atoms with Crippen LogP contribution < -0.4 is 4.74 Å². The van der Waals surface area contributed by atoms with E-state index in [1.807, 2.05) is 19.1 Å². The zero-order valence-electron chi connectivity index (χ0n) is 13.4. The summed E-state index contributed by atoms with van der Waals surface area (Å²) in [6.45, 7) is 2.21. The molecule has 6 nitrogen and oxygen atoms in total. The Morgan fingerprint density at radius 2 is 2.04 bits per heavy atom. The minimum atomic E-state index is -0.535. The molecule has 0 amide bonds. The summed E-state index contributed by atoms with van der Waals surface area (Å²) in [5.74, 6) is 0.281. The number of carbonyl (C=O) groups is 1. The third-order valence-electron chi connectivity index (χ3n) is 3.31. The van der Waals surface area contributed by atoms with Crippen molar-refractivity contribution in [2.24, 2.45) is 0 Å². The van der Waals surface area contributed by atoms with E-state index in [0.29, 0.717) is 23.1 Å². The molecule has 128 valence electrons. The number of aromatic nitrogens is 2. The molecule has 7 heteroatoms. The summed E-state index contributed by atoms with van der Waals surface area (Å²) in [6.07, 6.45) is 1.55. The van der Waals surface area contributed by atoms with Crippen LogP contribution in [-0.2, 0) is 11.3 Å². The van der Waals surface area contributed by atoms with Gasteiger partial charge in [0.2, 0.25) is 5.88 Å². The van der Waals surface area contributed by atoms with Gasteiger partial charge in [-0.25, -0.2) is 9.78 Å². The Hall–Kier alpha value is -2.86. The first-order valence-electron chi connectivity index (χ1n) is 7.64. The molecule has 0 aliphatic heterocycles. The van der Waals surface area contributed by atoms with Gasteiger partial charge in [-0.05, 0) is 43.3 Å². The van der Waals surface area contributed by atoms with E-state index in [-0.39, 0.29) is 18.1 Å². The minimum absolute atomic E-state index is 0.0175. The van der Waals surface area contributed by atoms with Gasteiger partial charge in [-0.3, -0.25) is 0 Å². The van der Waals surface area contributed by atoms with Gasteiger partial charge in [0, 0.05) is 22.8 Å². The minimum Gasteiger partial charge on any atom is -0.477 e. The van der Waals surface area contributed by atoms with Gasteiger partial charge in [0.15, 0.2) is 5.76 Å². The van der Waals surface area contributed by atoms with E-state index in [4.69, 9.17) is 25.6 Å². The molecule has 2 heterocycles. The average molecular weight is 359 g/mol. The predicted octanol–water partition coefficient (Wildman–Crippen LogP) is 4.15. The van der Waals surface area contributed by atoms with Crippen molar-refractivity contribution in [2.45, 2.75) is 13.5 Å². The van der Waals surface area contributed by atoms with E-state index in [1.54, 1.807) is 36.5 Å². The quantitative estimate of drug-likeness (QED) is 0.616. The van der Waals surface area contributed by atoms with Crippen LogP contribution in [0.5, 0.6) is 5.88 Å². The largest absolute Gasteiger partial charge is 0.477 e. The van der Waals surface area contributed by atoms with Gasteiger partial charge in [-0.15, -0.1) is 0 Å². The van der Waals surface area contributed by atoms with Crippen LogP contribution in [0.4, 0.5) is 0 Å². The first-order valence-corrected chi connectivity index (χ1v) is 8.01. The lowest BCUT2D eigenvalue weighted by Gasteiger charge is -2.07. The maximum atomic E-state index is 12.2. The molecule has 1 aromatic carbocycles. The molecule has 3 rings (SSSR count). The lowest BCUT2D eigenvalue weighted by Crippen LogP contribution is -2.09. The number of carbonyl (C=O) groups excluding carboxylic acids is 1. The molecule has 25 heavy (non-hydrogen) atoms. The summed E-state index contributed by atoms with van der Waals surface area (Å²) in [5.41, 5.74) is 1.60. The van der Waals surface area contributed by atoms with E-state index in [2.05, 4.69) is 10.1 Å². The van der Waals surface area contributed by atoms with Crippen molar-refractivity contribution < 1.29 is 18.8 Å². The lowest BCUT2D eigenvalue weighted by atomic mass is 10.2. The topological polar surface area (TPSA) is 74.5 Å². The average Bonchev–Trinajstić information content (AvgIpc) is 3.10. The van der Waals surface area contributed by atoms with Gasteiger partial charge in [0.25, 0.3) is 0 Å². The summed E-state index contributed by atoms with van der Waals surface area (Å²) < 4.78 is 15.9. The Morgan fingerprint density at radius 3 is 2.80 bits per heavy atom. The molecule has 0 unspecified atom stereocenters. The number of pyridine rings is 1. The Kier molecular flexibility index (Phi) is 5.30. The molecular formula is C18H15ClN2O4. The highest BCUT2D eigenvalue weighted by Crippen LogP contribution is 2.23. The van der Waals surface area contributed by atoms with Crippen LogP contribution in [0.1, 0.15) is 23.0 Å². The Bertz CT molecular complexity index is 862. The van der Waals surface area contributed by atoms with Crippen molar-refractivity contribution in [1.82, 2.24) is 10.1 Å². The zero-order valence-corrected chi connectivity index (χ0v) is 14.2. The number of rotatable bonds is 6. The fraction of sp³-hybridized carbons (Fsp3) is 0.167. The molecule has 3 aromatic rings. The molecule has 0 radical (unpaired) electrons. The molecule has 0 spiro atoms. The smallest absolute Gasteiger partial charge is 0.344 e. The van der Waals surface area contributed by atoms with Gasteiger partial charge in [-0.2, -0.15) is 0 Å². The van der Waals surface area contributed by atoms with Crippen LogP contribution in [0, 0.1) is 0 Å². The molecule has 0 saturated carbocycles. The second-order valence-electron chi connectivity index (χ2n) is 5.05. The highest BCUT2D eigenvalue weighted by atomic mass is 35.5. The number of nitrogens with zero attached hydrogens (tertiary/aromatic N) is 2. The fourth-order valence-corrected chi connectivity index (χ4v) is 2.27. The molecule has 0 N–H and O–H groups in total. The van der Waals surface area contributed by atoms with Gasteiger partial charge < -0.3 is 14.0 Å². The Labute approximate surface area is 149 Å². The monoisotopic (exact) mass is 358 g/mol. The van der Waals surface area contributed by atoms with Crippen LogP contribution in [0.3, 0.4) is 0 Å². The third-order valence-corrected chi connectivity index (χ3v) is 3.56. The van der Waals surface area contributed by atoms with E-state index in [0.717, 1.165) is 5.56 Å². The number of esters is 1. The summed E-state index contributed by atoms with van der Waals surface area (Å²) in [4.78, 5) is 16.2. The van der Waals surface area contributed by atoms with Crippen LogP contribution in [-0.4, -0.2) is 22.7 Å². The van der Waals surface area contributed by atoms with E-state index < -0.39 is 5.97 Å². The van der Waals surface area contributed by atoms with Gasteiger partial charge in [-0.1, -0.05) is 16.8 Å². The Morgan fingerprint density at radius 1 is 1.24 bits per heavy atom. The van der Waals surface area contributed by atoms with E-state index >= 15 is 0 Å². The number of benzene rings is 1. The van der Waals surface area contributed by atoms with Crippen molar-refractivity contribution in [1.29, 1.82) is 0 Å². The van der Waals surface area contributed by atoms with Crippen molar-refractivity contribution in [3.8, 4) is 17.2 Å². The van der Waals surface area contributed by atoms with Gasteiger partial charge >= 0.3 is 5.97 Å². The molecule has 0 fully saturated rings. The fourth-order valence-electron chi connectivity index (χ4n) is 2.15. The van der Waals surface area contributed by atoms with Gasteiger partial charge in [0.05, 0.1) is 6.61 Å². The standard InChI is InChI=1S/C18H15ClN2O4/c1-2-23-17-15(4-3-9-20-17)18(22)24-11-14-10-16(25-21-14)12-5-7-13(19)8-6-12/h3-10H,2,11H2,1H3. The summed E-state index contributed by atoms with van der Waals surface area (Å²) >= 11 is 5.86. The van der Waals surface area contributed by atoms with Crippen LogP contribution in [0.2, 0.25) is 5.02 Å². The third kappa shape index (κ3) is 4.16. The maximum Gasteiger partial charge on any atom is 0.344 e. The first kappa shape index (κ1) is 17.0. The number of halogens is 1. The predicted molar refractivity (Wildman–Crippen MR) is 91.5 cm³/mol. The molecule has 0 aliphatic rings. The Balaban J connectivity index is 1.66. The SMILES string of the molecule is CCOc1ncccc1C(=O)OCc1cc(-c2ccc(Cl)cc2)on1. The summed E-state index contributed by atoms with van der Waals surface area (Å²) in [6, 6.07) is 12.1. The van der Waals surface area contributed by atoms with Crippen LogP contribution >= 0.6 is 11.6 Å². The highest BCUT2D eigenvalue weighted by Gasteiger charge is 2.16.